The van der Waals surface area contributed by atoms with Crippen LogP contribution >= 0.6 is 0 Å². The van der Waals surface area contributed by atoms with Crippen molar-refractivity contribution >= 4 is 11.8 Å². The Balaban J connectivity index is 1.72. The zero-order valence-electron chi connectivity index (χ0n) is 11.0. The number of carbonyl (C=O) groups excluding carboxylic acids is 2. The van der Waals surface area contributed by atoms with E-state index in [1.165, 1.54) is 0 Å². The van der Waals surface area contributed by atoms with E-state index in [9.17, 15) is 9.59 Å². The number of carbonyl (C=O) groups is 2. The van der Waals surface area contributed by atoms with Crippen molar-refractivity contribution in [1.82, 2.24) is 19.8 Å². The zero-order chi connectivity index (χ0) is 13.4. The fourth-order valence-corrected chi connectivity index (χ4v) is 2.49. The van der Waals surface area contributed by atoms with E-state index in [-0.39, 0.29) is 17.7 Å². The molecule has 3 rings (SSSR count). The molecule has 1 atom stereocenters. The van der Waals surface area contributed by atoms with Crippen LogP contribution in [0.3, 0.4) is 0 Å². The van der Waals surface area contributed by atoms with Crippen LogP contribution < -0.4 is 5.32 Å². The topological polar surface area (TPSA) is 67.2 Å². The minimum atomic E-state index is -0.201. The molecule has 1 aliphatic heterocycles. The van der Waals surface area contributed by atoms with Crippen LogP contribution in [0.5, 0.6) is 0 Å². The number of imidazole rings is 1. The number of hydrogen-bond acceptors (Lipinski definition) is 3. The van der Waals surface area contributed by atoms with Gasteiger partial charge in [0.1, 0.15) is 5.82 Å². The van der Waals surface area contributed by atoms with Crippen molar-refractivity contribution in [3.8, 4) is 0 Å². The van der Waals surface area contributed by atoms with E-state index < -0.39 is 0 Å². The predicted molar refractivity (Wildman–Crippen MR) is 67.9 cm³/mol. The summed E-state index contributed by atoms with van der Waals surface area (Å²) in [6.07, 6.45) is 6.06. The number of amides is 2. The Bertz CT molecular complexity index is 506. The van der Waals surface area contributed by atoms with Crippen LogP contribution in [0.1, 0.15) is 25.1 Å². The van der Waals surface area contributed by atoms with Crippen molar-refractivity contribution in [2.45, 2.75) is 31.8 Å². The van der Waals surface area contributed by atoms with Gasteiger partial charge in [-0.15, -0.1) is 0 Å². The fourth-order valence-electron chi connectivity index (χ4n) is 2.49. The monoisotopic (exact) mass is 262 g/mol. The average Bonchev–Trinajstić information content (AvgIpc) is 3.01. The summed E-state index contributed by atoms with van der Waals surface area (Å²) in [5.41, 5.74) is 0. The van der Waals surface area contributed by atoms with Crippen LogP contribution in [0.15, 0.2) is 12.4 Å². The Morgan fingerprint density at radius 2 is 2.37 bits per heavy atom. The molecule has 0 radical (unpaired) electrons. The lowest BCUT2D eigenvalue weighted by Crippen LogP contribution is -2.38. The smallest absolute Gasteiger partial charge is 0.228 e. The third-order valence-electron chi connectivity index (χ3n) is 3.83. The molecular weight excluding hydrogens is 244 g/mol. The summed E-state index contributed by atoms with van der Waals surface area (Å²) in [4.78, 5) is 29.9. The van der Waals surface area contributed by atoms with E-state index in [4.69, 9.17) is 0 Å². The van der Waals surface area contributed by atoms with Gasteiger partial charge in [-0.05, 0) is 12.8 Å². The van der Waals surface area contributed by atoms with Crippen molar-refractivity contribution in [1.29, 1.82) is 0 Å². The number of rotatable bonds is 4. The maximum atomic E-state index is 12.5. The van der Waals surface area contributed by atoms with Gasteiger partial charge in [0.2, 0.25) is 11.8 Å². The Morgan fingerprint density at radius 1 is 1.58 bits per heavy atom. The van der Waals surface area contributed by atoms with E-state index in [0.29, 0.717) is 25.6 Å². The van der Waals surface area contributed by atoms with Gasteiger partial charge in [0.15, 0.2) is 0 Å². The van der Waals surface area contributed by atoms with Gasteiger partial charge in [-0.3, -0.25) is 9.59 Å². The number of nitrogens with zero attached hydrogens (tertiary/aromatic N) is 3. The first-order chi connectivity index (χ1) is 9.15. The summed E-state index contributed by atoms with van der Waals surface area (Å²) < 4.78 is 1.93. The Labute approximate surface area is 111 Å². The molecule has 2 heterocycles. The largest absolute Gasteiger partial charge is 0.355 e. The van der Waals surface area contributed by atoms with Crippen LogP contribution in [0, 0.1) is 5.92 Å². The molecule has 1 saturated heterocycles. The first kappa shape index (κ1) is 12.2. The Hall–Kier alpha value is -1.85. The van der Waals surface area contributed by atoms with Gasteiger partial charge in [-0.1, -0.05) is 0 Å². The number of aryl methyl sites for hydroxylation is 1. The molecule has 2 fully saturated rings. The summed E-state index contributed by atoms with van der Waals surface area (Å²) in [6, 6.07) is 0.333. The van der Waals surface area contributed by atoms with Gasteiger partial charge in [-0.25, -0.2) is 4.98 Å². The molecule has 1 unspecified atom stereocenters. The number of aromatic nitrogens is 2. The highest BCUT2D eigenvalue weighted by Crippen LogP contribution is 2.30. The van der Waals surface area contributed by atoms with Gasteiger partial charge in [0.05, 0.1) is 12.5 Å². The standard InChI is InChI=1S/C13H18N4O2/c1-16-5-4-14-11(16)8-17(10-2-3-10)13(19)9-6-12(18)15-7-9/h4-5,9-10H,2-3,6-8H2,1H3,(H,15,18). The fraction of sp³-hybridized carbons (Fsp3) is 0.615. The normalized spacial score (nSPS) is 22.4. The maximum Gasteiger partial charge on any atom is 0.228 e. The van der Waals surface area contributed by atoms with Crippen molar-refractivity contribution in [3.63, 3.8) is 0 Å². The molecule has 0 bridgehead atoms. The highest BCUT2D eigenvalue weighted by atomic mass is 16.2. The summed E-state index contributed by atoms with van der Waals surface area (Å²) in [6.45, 7) is 1.01. The highest BCUT2D eigenvalue weighted by molar-refractivity contribution is 5.89. The second-order valence-corrected chi connectivity index (χ2v) is 5.36. The summed E-state index contributed by atoms with van der Waals surface area (Å²) in [5, 5.41) is 2.73. The van der Waals surface area contributed by atoms with Gasteiger partial charge in [0.25, 0.3) is 0 Å². The molecule has 1 saturated carbocycles. The first-order valence-electron chi connectivity index (χ1n) is 6.68. The van der Waals surface area contributed by atoms with Crippen molar-refractivity contribution in [2.24, 2.45) is 13.0 Å². The molecule has 102 valence electrons. The van der Waals surface area contributed by atoms with E-state index in [0.717, 1.165) is 18.7 Å². The van der Waals surface area contributed by atoms with Crippen LogP contribution in [0.2, 0.25) is 0 Å². The van der Waals surface area contributed by atoms with Crippen molar-refractivity contribution in [3.05, 3.63) is 18.2 Å². The molecule has 2 amide bonds. The SMILES string of the molecule is Cn1ccnc1CN(C(=O)C1CNC(=O)C1)C1CC1. The Morgan fingerprint density at radius 3 is 2.89 bits per heavy atom. The molecule has 1 aliphatic carbocycles. The van der Waals surface area contributed by atoms with Crippen LogP contribution in [0.25, 0.3) is 0 Å². The molecule has 0 aromatic carbocycles. The molecule has 1 N–H and O–H groups in total. The molecule has 6 heteroatoms. The second kappa shape index (κ2) is 4.68. The lowest BCUT2D eigenvalue weighted by atomic mass is 10.1. The van der Waals surface area contributed by atoms with E-state index >= 15 is 0 Å². The third kappa shape index (κ3) is 2.47. The summed E-state index contributed by atoms with van der Waals surface area (Å²) in [5.74, 6) is 0.751. The van der Waals surface area contributed by atoms with E-state index in [2.05, 4.69) is 10.3 Å². The molecule has 6 nitrogen and oxygen atoms in total. The summed E-state index contributed by atoms with van der Waals surface area (Å²) in [7, 11) is 1.93. The van der Waals surface area contributed by atoms with Crippen LogP contribution in [0.4, 0.5) is 0 Å². The van der Waals surface area contributed by atoms with Gasteiger partial charge in [0, 0.05) is 38.4 Å². The van der Waals surface area contributed by atoms with Gasteiger partial charge < -0.3 is 14.8 Å². The number of nitrogens with one attached hydrogen (secondary N) is 1. The lowest BCUT2D eigenvalue weighted by Gasteiger charge is -2.24. The minimum absolute atomic E-state index is 0.0221. The molecule has 2 aliphatic rings. The minimum Gasteiger partial charge on any atom is -0.355 e. The third-order valence-corrected chi connectivity index (χ3v) is 3.83. The lowest BCUT2D eigenvalue weighted by molar-refractivity contribution is -0.137. The maximum absolute atomic E-state index is 12.5. The van der Waals surface area contributed by atoms with Gasteiger partial charge >= 0.3 is 0 Å². The number of hydrogen-bond donors (Lipinski definition) is 1. The molecular formula is C13H18N4O2. The zero-order valence-corrected chi connectivity index (χ0v) is 11.0. The van der Waals surface area contributed by atoms with E-state index in [1.54, 1.807) is 6.20 Å². The van der Waals surface area contributed by atoms with E-state index in [1.807, 2.05) is 22.7 Å². The highest BCUT2D eigenvalue weighted by Gasteiger charge is 2.38. The van der Waals surface area contributed by atoms with Crippen molar-refractivity contribution < 1.29 is 9.59 Å². The molecule has 1 aromatic rings. The first-order valence-corrected chi connectivity index (χ1v) is 6.68. The van der Waals surface area contributed by atoms with Crippen LogP contribution in [-0.2, 0) is 23.2 Å². The molecule has 19 heavy (non-hydrogen) atoms. The average molecular weight is 262 g/mol. The quantitative estimate of drug-likeness (QED) is 0.833. The molecule has 1 aromatic heterocycles. The summed E-state index contributed by atoms with van der Waals surface area (Å²) >= 11 is 0. The Kier molecular flexibility index (Phi) is 3.00. The molecule has 0 spiro atoms. The predicted octanol–water partition coefficient (Wildman–Crippen LogP) is 0.0472. The van der Waals surface area contributed by atoms with Crippen molar-refractivity contribution in [2.75, 3.05) is 6.54 Å². The second-order valence-electron chi connectivity index (χ2n) is 5.36. The van der Waals surface area contributed by atoms with Gasteiger partial charge in [-0.2, -0.15) is 0 Å². The van der Waals surface area contributed by atoms with Crippen LogP contribution in [-0.4, -0.2) is 38.9 Å².